The summed E-state index contributed by atoms with van der Waals surface area (Å²) in [6.45, 7) is 1.70. The zero-order valence-electron chi connectivity index (χ0n) is 13.2. The maximum Gasteiger partial charge on any atom is 0.157 e. The van der Waals surface area contributed by atoms with Gasteiger partial charge in [0.1, 0.15) is 5.52 Å². The van der Waals surface area contributed by atoms with E-state index >= 15 is 0 Å². The summed E-state index contributed by atoms with van der Waals surface area (Å²) in [5.41, 5.74) is 3.17. The van der Waals surface area contributed by atoms with Crippen LogP contribution in [0.5, 0.6) is 0 Å². The summed E-state index contributed by atoms with van der Waals surface area (Å²) in [6.07, 6.45) is 0.990. The van der Waals surface area contributed by atoms with Crippen LogP contribution in [0.3, 0.4) is 0 Å². The summed E-state index contributed by atoms with van der Waals surface area (Å²) < 4.78 is 7.92. The molecule has 0 unspecified atom stereocenters. The minimum absolute atomic E-state index is 0.0476. The van der Waals surface area contributed by atoms with Crippen molar-refractivity contribution in [2.45, 2.75) is 12.6 Å². The maximum atomic E-state index is 5.99. The van der Waals surface area contributed by atoms with E-state index in [1.165, 1.54) is 5.69 Å². The summed E-state index contributed by atoms with van der Waals surface area (Å²) in [7, 11) is 2.13. The molecule has 1 aliphatic rings. The van der Waals surface area contributed by atoms with Crippen LogP contribution >= 0.6 is 0 Å². The second-order valence-electron chi connectivity index (χ2n) is 6.05. The first-order chi connectivity index (χ1) is 11.3. The fourth-order valence-electron chi connectivity index (χ4n) is 3.29. The van der Waals surface area contributed by atoms with Crippen LogP contribution in [0.4, 0.5) is 5.69 Å². The summed E-state index contributed by atoms with van der Waals surface area (Å²) >= 11 is 0. The maximum absolute atomic E-state index is 5.99. The normalized spacial score (nSPS) is 20.9. The molecule has 1 aliphatic heterocycles. The van der Waals surface area contributed by atoms with Gasteiger partial charge in [0.05, 0.1) is 5.52 Å². The van der Waals surface area contributed by atoms with E-state index in [2.05, 4.69) is 52.6 Å². The molecule has 0 amide bonds. The van der Waals surface area contributed by atoms with Gasteiger partial charge in [0, 0.05) is 31.8 Å². The lowest BCUT2D eigenvalue weighted by molar-refractivity contribution is 0.0266. The molecule has 5 heteroatoms. The number of hydrogen-bond acceptors (Lipinski definition) is 4. The van der Waals surface area contributed by atoms with Crippen molar-refractivity contribution < 1.29 is 4.74 Å². The average molecular weight is 308 g/mol. The molecule has 1 aromatic heterocycles. The summed E-state index contributed by atoms with van der Waals surface area (Å²) in [6, 6.07) is 18.5. The third kappa shape index (κ3) is 2.68. The van der Waals surface area contributed by atoms with Crippen LogP contribution in [0.1, 0.15) is 12.6 Å². The fourth-order valence-corrected chi connectivity index (χ4v) is 3.29. The summed E-state index contributed by atoms with van der Waals surface area (Å²) in [4.78, 5) is 2.28. The van der Waals surface area contributed by atoms with Crippen LogP contribution < -0.4 is 4.90 Å². The van der Waals surface area contributed by atoms with Crippen LogP contribution in [-0.4, -0.2) is 35.2 Å². The monoisotopic (exact) mass is 308 g/mol. The van der Waals surface area contributed by atoms with Crippen molar-refractivity contribution >= 4 is 16.7 Å². The number of fused-ring (bicyclic) bond motifs is 1. The molecule has 0 bridgehead atoms. The highest BCUT2D eigenvalue weighted by Crippen LogP contribution is 2.32. The number of hydrogen-bond donors (Lipinski definition) is 0. The first-order valence-electron chi connectivity index (χ1n) is 8.00. The van der Waals surface area contributed by atoms with Gasteiger partial charge >= 0.3 is 0 Å². The second-order valence-corrected chi connectivity index (χ2v) is 6.05. The first-order valence-corrected chi connectivity index (χ1v) is 8.00. The Morgan fingerprint density at radius 3 is 2.78 bits per heavy atom. The predicted octanol–water partition coefficient (Wildman–Crippen LogP) is 3.10. The van der Waals surface area contributed by atoms with Crippen LogP contribution in [0.15, 0.2) is 54.6 Å². The fraction of sp³-hybridized carbons (Fsp3) is 0.333. The zero-order chi connectivity index (χ0) is 15.6. The lowest BCUT2D eigenvalue weighted by atomic mass is 10.1. The molecule has 23 heavy (non-hydrogen) atoms. The highest BCUT2D eigenvalue weighted by molar-refractivity contribution is 5.73. The largest absolute Gasteiger partial charge is 0.374 e. The Morgan fingerprint density at radius 1 is 1.13 bits per heavy atom. The number of ether oxygens (including phenoxy) is 1. The Kier molecular flexibility index (Phi) is 3.71. The van der Waals surface area contributed by atoms with Gasteiger partial charge in [-0.05, 0) is 30.7 Å². The van der Waals surface area contributed by atoms with E-state index in [4.69, 9.17) is 4.74 Å². The van der Waals surface area contributed by atoms with Gasteiger partial charge in [-0.25, -0.2) is 4.68 Å². The number of para-hydroxylation sites is 2. The third-order valence-electron chi connectivity index (χ3n) is 4.50. The Bertz CT molecular complexity index is 786. The molecule has 3 aromatic rings. The van der Waals surface area contributed by atoms with E-state index < -0.39 is 0 Å². The van der Waals surface area contributed by atoms with Crippen molar-refractivity contribution in [1.29, 1.82) is 0 Å². The molecule has 118 valence electrons. The summed E-state index contributed by atoms with van der Waals surface area (Å²) in [5.74, 6) is 0.394. The van der Waals surface area contributed by atoms with E-state index in [9.17, 15) is 0 Å². The topological polar surface area (TPSA) is 43.2 Å². The van der Waals surface area contributed by atoms with Gasteiger partial charge in [0.2, 0.25) is 0 Å². The van der Waals surface area contributed by atoms with E-state index in [1.54, 1.807) is 0 Å². The molecule has 4 rings (SSSR count). The first kappa shape index (κ1) is 14.2. The SMILES string of the molecule is CN(C[C@H]1CCO[C@@H]1n1nnc2ccccc21)c1ccccc1. The molecule has 0 spiro atoms. The molecular weight excluding hydrogens is 288 g/mol. The molecule has 0 radical (unpaired) electrons. The third-order valence-corrected chi connectivity index (χ3v) is 4.50. The lowest BCUT2D eigenvalue weighted by Crippen LogP contribution is -2.29. The molecular formula is C18H20N4O. The van der Waals surface area contributed by atoms with E-state index in [0.717, 1.165) is 30.6 Å². The molecule has 0 N–H and O–H groups in total. The molecule has 5 nitrogen and oxygen atoms in total. The van der Waals surface area contributed by atoms with Gasteiger partial charge in [-0.3, -0.25) is 0 Å². The van der Waals surface area contributed by atoms with Gasteiger partial charge in [-0.1, -0.05) is 35.5 Å². The Labute approximate surface area is 135 Å². The molecule has 0 aliphatic carbocycles. The Hall–Kier alpha value is -2.40. The number of aromatic nitrogens is 3. The number of benzene rings is 2. The van der Waals surface area contributed by atoms with Crippen molar-refractivity contribution in [3.05, 3.63) is 54.6 Å². The van der Waals surface area contributed by atoms with Crippen molar-refractivity contribution in [2.24, 2.45) is 5.92 Å². The quantitative estimate of drug-likeness (QED) is 0.743. The second kappa shape index (κ2) is 6.01. The summed E-state index contributed by atoms with van der Waals surface area (Å²) in [5, 5.41) is 8.59. The average Bonchev–Trinajstić information content (AvgIpc) is 3.22. The van der Waals surface area contributed by atoms with Crippen LogP contribution in [0.25, 0.3) is 11.0 Å². The molecule has 1 fully saturated rings. The number of anilines is 1. The van der Waals surface area contributed by atoms with Crippen LogP contribution in [-0.2, 0) is 4.74 Å². The van der Waals surface area contributed by atoms with E-state index in [-0.39, 0.29) is 6.23 Å². The molecule has 0 saturated carbocycles. The minimum Gasteiger partial charge on any atom is -0.374 e. The Morgan fingerprint density at radius 2 is 1.91 bits per heavy atom. The van der Waals surface area contributed by atoms with E-state index in [1.807, 2.05) is 28.9 Å². The number of rotatable bonds is 4. The van der Waals surface area contributed by atoms with Crippen LogP contribution in [0, 0.1) is 5.92 Å². The molecule has 2 aromatic carbocycles. The van der Waals surface area contributed by atoms with Gasteiger partial charge in [0.25, 0.3) is 0 Å². The van der Waals surface area contributed by atoms with E-state index in [0.29, 0.717) is 5.92 Å². The molecule has 2 heterocycles. The van der Waals surface area contributed by atoms with Gasteiger partial charge in [0.15, 0.2) is 6.23 Å². The molecule has 1 saturated heterocycles. The molecule has 2 atom stereocenters. The van der Waals surface area contributed by atoms with Crippen molar-refractivity contribution in [3.63, 3.8) is 0 Å². The highest BCUT2D eigenvalue weighted by Gasteiger charge is 2.32. The van der Waals surface area contributed by atoms with Gasteiger partial charge in [-0.2, -0.15) is 0 Å². The van der Waals surface area contributed by atoms with Crippen molar-refractivity contribution in [3.8, 4) is 0 Å². The smallest absolute Gasteiger partial charge is 0.157 e. The predicted molar refractivity (Wildman–Crippen MR) is 90.3 cm³/mol. The standard InChI is InChI=1S/C18H20N4O/c1-21(15-7-3-2-4-8-15)13-14-11-12-23-18(14)22-17-10-6-5-9-16(17)19-20-22/h2-10,14,18H,11-13H2,1H3/t14-,18+/m1/s1. The highest BCUT2D eigenvalue weighted by atomic mass is 16.5. The van der Waals surface area contributed by atoms with Gasteiger partial charge < -0.3 is 9.64 Å². The van der Waals surface area contributed by atoms with Crippen molar-refractivity contribution in [1.82, 2.24) is 15.0 Å². The van der Waals surface area contributed by atoms with Gasteiger partial charge in [-0.15, -0.1) is 5.10 Å². The minimum atomic E-state index is -0.0476. The Balaban J connectivity index is 1.57. The van der Waals surface area contributed by atoms with Crippen LogP contribution in [0.2, 0.25) is 0 Å². The lowest BCUT2D eigenvalue weighted by Gasteiger charge is -2.26. The van der Waals surface area contributed by atoms with Crippen molar-refractivity contribution in [2.75, 3.05) is 25.1 Å². The number of nitrogens with zero attached hydrogens (tertiary/aromatic N) is 4. The zero-order valence-corrected chi connectivity index (χ0v) is 13.2.